The van der Waals surface area contributed by atoms with Gasteiger partial charge in [-0.2, -0.15) is 0 Å². The van der Waals surface area contributed by atoms with E-state index in [-0.39, 0.29) is 11.4 Å². The van der Waals surface area contributed by atoms with Gasteiger partial charge in [0.25, 0.3) is 5.91 Å². The van der Waals surface area contributed by atoms with Crippen LogP contribution >= 0.6 is 15.9 Å². The molecule has 1 saturated carbocycles. The molecule has 1 aromatic rings. The summed E-state index contributed by atoms with van der Waals surface area (Å²) < 4.78 is 0. The molecule has 3 nitrogen and oxygen atoms in total. The van der Waals surface area contributed by atoms with Crippen molar-refractivity contribution in [3.63, 3.8) is 0 Å². The number of halogens is 1. The van der Waals surface area contributed by atoms with Crippen molar-refractivity contribution >= 4 is 27.5 Å². The number of alkyl halides is 1. The van der Waals surface area contributed by atoms with E-state index in [9.17, 15) is 4.79 Å². The van der Waals surface area contributed by atoms with Gasteiger partial charge < -0.3 is 10.2 Å². The van der Waals surface area contributed by atoms with Crippen molar-refractivity contribution in [1.82, 2.24) is 5.32 Å². The predicted molar refractivity (Wildman–Crippen MR) is 87.8 cm³/mol. The van der Waals surface area contributed by atoms with Gasteiger partial charge in [0.1, 0.15) is 0 Å². The van der Waals surface area contributed by atoms with Gasteiger partial charge >= 0.3 is 0 Å². The maximum atomic E-state index is 12.4. The summed E-state index contributed by atoms with van der Waals surface area (Å²) >= 11 is 3.58. The highest BCUT2D eigenvalue weighted by molar-refractivity contribution is 9.09. The van der Waals surface area contributed by atoms with Crippen LogP contribution in [0.1, 0.15) is 42.5 Å². The number of rotatable bonds is 4. The minimum absolute atomic E-state index is 0.0386. The van der Waals surface area contributed by atoms with Crippen molar-refractivity contribution in [2.45, 2.75) is 37.6 Å². The lowest BCUT2D eigenvalue weighted by molar-refractivity contribution is 0.0886. The van der Waals surface area contributed by atoms with E-state index < -0.39 is 0 Å². The van der Waals surface area contributed by atoms with Gasteiger partial charge in [-0.3, -0.25) is 4.79 Å². The molecule has 0 aliphatic heterocycles. The molecule has 0 saturated heterocycles. The van der Waals surface area contributed by atoms with E-state index in [2.05, 4.69) is 21.2 Å². The minimum Gasteiger partial charge on any atom is -0.378 e. The number of carbonyl (C=O) groups excluding carboxylic acids is 1. The number of hydrogen-bond donors (Lipinski definition) is 1. The summed E-state index contributed by atoms with van der Waals surface area (Å²) in [7, 11) is 3.99. The Morgan fingerprint density at radius 1 is 1.20 bits per heavy atom. The SMILES string of the molecule is CN(C)c1ccc(C(=O)NC2(CBr)CCCCC2)cc1. The molecule has 0 unspecified atom stereocenters. The monoisotopic (exact) mass is 338 g/mol. The molecule has 1 N–H and O–H groups in total. The molecular weight excluding hydrogens is 316 g/mol. The summed E-state index contributed by atoms with van der Waals surface area (Å²) in [5, 5.41) is 4.08. The summed E-state index contributed by atoms with van der Waals surface area (Å²) in [6.45, 7) is 0. The van der Waals surface area contributed by atoms with E-state index in [1.54, 1.807) is 0 Å². The number of anilines is 1. The summed E-state index contributed by atoms with van der Waals surface area (Å²) in [5.41, 5.74) is 1.78. The number of amides is 1. The van der Waals surface area contributed by atoms with Crippen LogP contribution in [0, 0.1) is 0 Å². The second kappa shape index (κ2) is 6.61. The van der Waals surface area contributed by atoms with Gasteiger partial charge in [-0.1, -0.05) is 35.2 Å². The van der Waals surface area contributed by atoms with Crippen molar-refractivity contribution in [2.24, 2.45) is 0 Å². The lowest BCUT2D eigenvalue weighted by atomic mass is 9.83. The zero-order valence-corrected chi connectivity index (χ0v) is 13.9. The van der Waals surface area contributed by atoms with Crippen LogP contribution in [0.4, 0.5) is 5.69 Å². The van der Waals surface area contributed by atoms with E-state index in [1.807, 2.05) is 43.3 Å². The first-order valence-electron chi connectivity index (χ1n) is 7.22. The molecule has 1 fully saturated rings. The largest absolute Gasteiger partial charge is 0.378 e. The van der Waals surface area contributed by atoms with Gasteiger partial charge in [0.15, 0.2) is 0 Å². The smallest absolute Gasteiger partial charge is 0.251 e. The van der Waals surface area contributed by atoms with Crippen LogP contribution in [0.25, 0.3) is 0 Å². The molecule has 2 rings (SSSR count). The zero-order valence-electron chi connectivity index (χ0n) is 12.3. The van der Waals surface area contributed by atoms with Crippen molar-refractivity contribution in [2.75, 3.05) is 24.3 Å². The molecule has 0 atom stereocenters. The normalized spacial score (nSPS) is 17.6. The molecule has 0 heterocycles. The van der Waals surface area contributed by atoms with Crippen molar-refractivity contribution in [1.29, 1.82) is 0 Å². The maximum absolute atomic E-state index is 12.4. The second-order valence-electron chi connectivity index (χ2n) is 5.87. The summed E-state index contributed by atoms with van der Waals surface area (Å²) in [6.07, 6.45) is 5.82. The number of benzene rings is 1. The van der Waals surface area contributed by atoms with Crippen molar-refractivity contribution < 1.29 is 4.79 Å². The number of nitrogens with zero attached hydrogens (tertiary/aromatic N) is 1. The fraction of sp³-hybridized carbons (Fsp3) is 0.562. The highest BCUT2D eigenvalue weighted by Gasteiger charge is 2.32. The Morgan fingerprint density at radius 2 is 1.80 bits per heavy atom. The van der Waals surface area contributed by atoms with Gasteiger partial charge in [-0.15, -0.1) is 0 Å². The Balaban J connectivity index is 2.06. The molecule has 20 heavy (non-hydrogen) atoms. The van der Waals surface area contributed by atoms with E-state index in [4.69, 9.17) is 0 Å². The molecule has 0 radical (unpaired) electrons. The highest BCUT2D eigenvalue weighted by atomic mass is 79.9. The Bertz CT molecular complexity index is 450. The van der Waals surface area contributed by atoms with Crippen LogP contribution in [0.3, 0.4) is 0 Å². The van der Waals surface area contributed by atoms with Crippen LogP contribution < -0.4 is 10.2 Å². The third kappa shape index (κ3) is 3.54. The van der Waals surface area contributed by atoms with Crippen molar-refractivity contribution in [3.8, 4) is 0 Å². The predicted octanol–water partition coefficient (Wildman–Crippen LogP) is 3.58. The van der Waals surface area contributed by atoms with E-state index in [1.165, 1.54) is 19.3 Å². The average molecular weight is 339 g/mol. The van der Waals surface area contributed by atoms with Gasteiger partial charge in [0.2, 0.25) is 0 Å². The standard InChI is InChI=1S/C16H23BrN2O/c1-19(2)14-8-6-13(7-9-14)15(20)18-16(12-17)10-4-3-5-11-16/h6-9H,3-5,10-12H2,1-2H3,(H,18,20). The molecule has 1 aliphatic carbocycles. The van der Waals surface area contributed by atoms with Crippen LogP contribution in [0.2, 0.25) is 0 Å². The number of carbonyl (C=O) groups is 1. The molecule has 1 aromatic carbocycles. The Morgan fingerprint density at radius 3 is 2.30 bits per heavy atom. The fourth-order valence-corrected chi connectivity index (χ4v) is 3.45. The lowest BCUT2D eigenvalue weighted by Crippen LogP contribution is -2.51. The Kier molecular flexibility index (Phi) is 5.08. The molecule has 0 spiro atoms. The quantitative estimate of drug-likeness (QED) is 0.851. The molecule has 0 aromatic heterocycles. The van der Waals surface area contributed by atoms with Gasteiger partial charge in [-0.25, -0.2) is 0 Å². The van der Waals surface area contributed by atoms with Crippen LogP contribution in [-0.2, 0) is 0 Å². The summed E-state index contributed by atoms with van der Waals surface area (Å²) in [5.74, 6) is 0.0386. The van der Waals surface area contributed by atoms with Crippen LogP contribution in [-0.4, -0.2) is 30.9 Å². The van der Waals surface area contributed by atoms with Crippen molar-refractivity contribution in [3.05, 3.63) is 29.8 Å². The zero-order chi connectivity index (χ0) is 14.6. The summed E-state index contributed by atoms with van der Waals surface area (Å²) in [4.78, 5) is 14.4. The summed E-state index contributed by atoms with van der Waals surface area (Å²) in [6, 6.07) is 7.76. The number of hydrogen-bond acceptors (Lipinski definition) is 2. The first-order valence-corrected chi connectivity index (χ1v) is 8.34. The lowest BCUT2D eigenvalue weighted by Gasteiger charge is -2.36. The second-order valence-corrected chi connectivity index (χ2v) is 6.43. The average Bonchev–Trinajstić information content (AvgIpc) is 2.48. The first-order chi connectivity index (χ1) is 9.56. The fourth-order valence-electron chi connectivity index (χ4n) is 2.74. The highest BCUT2D eigenvalue weighted by Crippen LogP contribution is 2.30. The molecule has 4 heteroatoms. The molecule has 1 amide bonds. The maximum Gasteiger partial charge on any atom is 0.251 e. The molecule has 0 bridgehead atoms. The van der Waals surface area contributed by atoms with Gasteiger partial charge in [0.05, 0.1) is 5.54 Å². The minimum atomic E-state index is -0.0600. The molecular formula is C16H23BrN2O. The Hall–Kier alpha value is -1.03. The molecule has 1 aliphatic rings. The number of nitrogens with one attached hydrogen (secondary N) is 1. The van der Waals surface area contributed by atoms with E-state index in [0.29, 0.717) is 0 Å². The third-order valence-corrected chi connectivity index (χ3v) is 5.16. The van der Waals surface area contributed by atoms with Crippen LogP contribution in [0.5, 0.6) is 0 Å². The van der Waals surface area contributed by atoms with E-state index in [0.717, 1.165) is 29.4 Å². The van der Waals surface area contributed by atoms with Gasteiger partial charge in [-0.05, 0) is 37.1 Å². The molecule has 110 valence electrons. The topological polar surface area (TPSA) is 32.3 Å². The van der Waals surface area contributed by atoms with Gasteiger partial charge in [0, 0.05) is 30.7 Å². The first kappa shape index (κ1) is 15.4. The van der Waals surface area contributed by atoms with E-state index >= 15 is 0 Å². The third-order valence-electron chi connectivity index (χ3n) is 4.09. The van der Waals surface area contributed by atoms with Crippen LogP contribution in [0.15, 0.2) is 24.3 Å². The Labute approximate surface area is 129 Å².